The smallest absolute Gasteiger partial charge is 0.335 e. The zero-order valence-corrected chi connectivity index (χ0v) is 13.9. The van der Waals surface area contributed by atoms with Gasteiger partial charge in [-0.3, -0.25) is 0 Å². The van der Waals surface area contributed by atoms with E-state index < -0.39 is 5.97 Å². The maximum Gasteiger partial charge on any atom is 0.335 e. The molecule has 24 heavy (non-hydrogen) atoms. The van der Waals surface area contributed by atoms with E-state index >= 15 is 0 Å². The first kappa shape index (κ1) is 16.7. The topological polar surface area (TPSA) is 90.6 Å². The second kappa shape index (κ2) is 7.19. The van der Waals surface area contributed by atoms with E-state index in [-0.39, 0.29) is 11.7 Å². The van der Waals surface area contributed by atoms with Gasteiger partial charge in [-0.25, -0.2) is 9.78 Å². The first-order valence-corrected chi connectivity index (χ1v) is 8.38. The molecule has 1 aliphatic heterocycles. The summed E-state index contributed by atoms with van der Waals surface area (Å²) >= 11 is 0. The molecule has 3 rings (SSSR count). The molecule has 7 heteroatoms. The van der Waals surface area contributed by atoms with E-state index in [9.17, 15) is 9.90 Å². The van der Waals surface area contributed by atoms with Crippen LogP contribution in [0.25, 0.3) is 11.0 Å². The predicted octanol–water partition coefficient (Wildman–Crippen LogP) is 1.53. The molecular formula is C17H24N4O3. The number of carboxylic acid groups (broad SMARTS) is 1. The number of carboxylic acids is 1. The summed E-state index contributed by atoms with van der Waals surface area (Å²) in [6.07, 6.45) is 2.75. The van der Waals surface area contributed by atoms with Crippen molar-refractivity contribution in [2.75, 3.05) is 31.5 Å². The van der Waals surface area contributed by atoms with Crippen LogP contribution in [-0.4, -0.2) is 62.9 Å². The van der Waals surface area contributed by atoms with E-state index in [0.29, 0.717) is 5.52 Å². The first-order chi connectivity index (χ1) is 11.5. The quantitative estimate of drug-likeness (QED) is 0.695. The molecule has 1 saturated heterocycles. The van der Waals surface area contributed by atoms with Crippen molar-refractivity contribution in [2.45, 2.75) is 25.4 Å². The van der Waals surface area contributed by atoms with Gasteiger partial charge in [-0.05, 0) is 50.6 Å². The fraction of sp³-hybridized carbons (Fsp3) is 0.529. The van der Waals surface area contributed by atoms with Crippen LogP contribution in [-0.2, 0) is 7.05 Å². The highest BCUT2D eigenvalue weighted by molar-refractivity contribution is 5.92. The molecule has 0 spiro atoms. The number of hydrogen-bond acceptors (Lipinski definition) is 5. The van der Waals surface area contributed by atoms with Gasteiger partial charge in [-0.15, -0.1) is 0 Å². The third-order valence-corrected chi connectivity index (χ3v) is 4.54. The Morgan fingerprint density at radius 3 is 3.04 bits per heavy atom. The Morgan fingerprint density at radius 1 is 1.46 bits per heavy atom. The minimum absolute atomic E-state index is 0.185. The Balaban J connectivity index is 1.57. The lowest BCUT2D eigenvalue weighted by Gasteiger charge is -2.29. The summed E-state index contributed by atoms with van der Waals surface area (Å²) in [5.74, 6) is -0.202. The van der Waals surface area contributed by atoms with Crippen molar-refractivity contribution in [1.29, 1.82) is 0 Å². The highest BCUT2D eigenvalue weighted by Crippen LogP contribution is 2.19. The van der Waals surface area contributed by atoms with Crippen LogP contribution in [0.15, 0.2) is 18.2 Å². The number of imidazole rings is 1. The Bertz CT molecular complexity index is 728. The number of carbonyl (C=O) groups is 1. The van der Waals surface area contributed by atoms with E-state index in [4.69, 9.17) is 5.11 Å². The summed E-state index contributed by atoms with van der Waals surface area (Å²) in [4.78, 5) is 17.8. The fourth-order valence-electron chi connectivity index (χ4n) is 3.23. The van der Waals surface area contributed by atoms with Crippen molar-refractivity contribution in [1.82, 2.24) is 14.5 Å². The van der Waals surface area contributed by atoms with E-state index in [1.54, 1.807) is 18.2 Å². The number of likely N-dealkylation sites (tertiary alicyclic amines) is 1. The van der Waals surface area contributed by atoms with Gasteiger partial charge in [0.1, 0.15) is 0 Å². The summed E-state index contributed by atoms with van der Waals surface area (Å²) < 4.78 is 1.94. The van der Waals surface area contributed by atoms with Crippen molar-refractivity contribution in [3.05, 3.63) is 23.8 Å². The SMILES string of the molecule is Cn1c(NCCCN2CCCC(O)C2)nc2cc(C(=O)O)ccc21. The fourth-order valence-corrected chi connectivity index (χ4v) is 3.23. The zero-order chi connectivity index (χ0) is 17.1. The molecule has 1 unspecified atom stereocenters. The van der Waals surface area contributed by atoms with Crippen molar-refractivity contribution >= 4 is 23.0 Å². The molecule has 1 atom stereocenters. The highest BCUT2D eigenvalue weighted by atomic mass is 16.4. The minimum Gasteiger partial charge on any atom is -0.478 e. The molecule has 1 fully saturated rings. The molecule has 130 valence electrons. The van der Waals surface area contributed by atoms with Crippen molar-refractivity contribution < 1.29 is 15.0 Å². The van der Waals surface area contributed by atoms with Gasteiger partial charge in [0.2, 0.25) is 5.95 Å². The molecule has 1 aliphatic rings. The summed E-state index contributed by atoms with van der Waals surface area (Å²) in [6.45, 7) is 3.57. The molecule has 2 heterocycles. The van der Waals surface area contributed by atoms with Crippen LogP contribution >= 0.6 is 0 Å². The van der Waals surface area contributed by atoms with Gasteiger partial charge in [-0.1, -0.05) is 0 Å². The minimum atomic E-state index is -0.944. The number of aliphatic hydroxyl groups is 1. The number of anilines is 1. The normalized spacial score (nSPS) is 18.8. The molecule has 1 aromatic heterocycles. The Morgan fingerprint density at radius 2 is 2.29 bits per heavy atom. The van der Waals surface area contributed by atoms with Crippen LogP contribution in [0.3, 0.4) is 0 Å². The average Bonchev–Trinajstić information content (AvgIpc) is 2.87. The second-order valence-corrected chi connectivity index (χ2v) is 6.38. The van der Waals surface area contributed by atoms with Crippen LogP contribution in [0.5, 0.6) is 0 Å². The van der Waals surface area contributed by atoms with Crippen LogP contribution in [0.1, 0.15) is 29.6 Å². The molecular weight excluding hydrogens is 308 g/mol. The van der Waals surface area contributed by atoms with Gasteiger partial charge in [-0.2, -0.15) is 0 Å². The number of fused-ring (bicyclic) bond motifs is 1. The lowest BCUT2D eigenvalue weighted by molar-refractivity contribution is 0.0695. The number of nitrogens with zero attached hydrogens (tertiary/aromatic N) is 3. The van der Waals surface area contributed by atoms with Gasteiger partial charge < -0.3 is 25.0 Å². The predicted molar refractivity (Wildman–Crippen MR) is 92.5 cm³/mol. The Hall–Kier alpha value is -2.12. The van der Waals surface area contributed by atoms with E-state index in [0.717, 1.165) is 56.9 Å². The van der Waals surface area contributed by atoms with E-state index in [2.05, 4.69) is 15.2 Å². The number of aliphatic hydroxyl groups excluding tert-OH is 1. The number of β-amino-alcohol motifs (C(OH)–C–C–N with tert-alkyl or cyclic N) is 1. The first-order valence-electron chi connectivity index (χ1n) is 8.38. The maximum atomic E-state index is 11.0. The van der Waals surface area contributed by atoms with Crippen LogP contribution in [0, 0.1) is 0 Å². The van der Waals surface area contributed by atoms with Crippen molar-refractivity contribution in [3.8, 4) is 0 Å². The largest absolute Gasteiger partial charge is 0.478 e. The monoisotopic (exact) mass is 332 g/mol. The maximum absolute atomic E-state index is 11.0. The van der Waals surface area contributed by atoms with Gasteiger partial charge in [0.25, 0.3) is 0 Å². The lowest BCUT2D eigenvalue weighted by Crippen LogP contribution is -2.39. The third kappa shape index (κ3) is 3.68. The third-order valence-electron chi connectivity index (χ3n) is 4.54. The molecule has 7 nitrogen and oxygen atoms in total. The van der Waals surface area contributed by atoms with Gasteiger partial charge >= 0.3 is 5.97 Å². The molecule has 0 amide bonds. The Kier molecular flexibility index (Phi) is 5.01. The summed E-state index contributed by atoms with van der Waals surface area (Å²) in [7, 11) is 1.92. The van der Waals surface area contributed by atoms with Crippen LogP contribution in [0.4, 0.5) is 5.95 Å². The number of piperidine rings is 1. The van der Waals surface area contributed by atoms with Gasteiger partial charge in [0.15, 0.2) is 0 Å². The number of aromatic carboxylic acids is 1. The Labute approximate surface area is 140 Å². The summed E-state index contributed by atoms with van der Waals surface area (Å²) in [5.41, 5.74) is 1.83. The summed E-state index contributed by atoms with van der Waals surface area (Å²) in [6, 6.07) is 4.97. The highest BCUT2D eigenvalue weighted by Gasteiger charge is 2.17. The molecule has 0 saturated carbocycles. The van der Waals surface area contributed by atoms with E-state index in [1.165, 1.54) is 0 Å². The summed E-state index contributed by atoms with van der Waals surface area (Å²) in [5, 5.41) is 22.1. The molecule has 0 radical (unpaired) electrons. The van der Waals surface area contributed by atoms with Gasteiger partial charge in [0.05, 0.1) is 22.7 Å². The number of aromatic nitrogens is 2. The van der Waals surface area contributed by atoms with Crippen molar-refractivity contribution in [2.24, 2.45) is 7.05 Å². The second-order valence-electron chi connectivity index (χ2n) is 6.38. The standard InChI is InChI=1S/C17H24N4O3/c1-20-15-6-5-12(16(23)24)10-14(15)19-17(20)18-7-3-9-21-8-2-4-13(22)11-21/h5-6,10,13,22H,2-4,7-9,11H2,1H3,(H,18,19)(H,23,24). The van der Waals surface area contributed by atoms with E-state index in [1.807, 2.05) is 11.6 Å². The number of hydrogen-bond donors (Lipinski definition) is 3. The lowest BCUT2D eigenvalue weighted by atomic mass is 10.1. The zero-order valence-electron chi connectivity index (χ0n) is 13.9. The molecule has 0 aliphatic carbocycles. The number of rotatable bonds is 6. The van der Waals surface area contributed by atoms with Crippen molar-refractivity contribution in [3.63, 3.8) is 0 Å². The average molecular weight is 332 g/mol. The molecule has 3 N–H and O–H groups in total. The number of aryl methyl sites for hydroxylation is 1. The molecule has 2 aromatic rings. The molecule has 1 aromatic carbocycles. The van der Waals surface area contributed by atoms with Gasteiger partial charge in [0, 0.05) is 20.1 Å². The van der Waals surface area contributed by atoms with Crippen LogP contribution < -0.4 is 5.32 Å². The number of benzene rings is 1. The molecule has 0 bridgehead atoms. The van der Waals surface area contributed by atoms with Crippen LogP contribution in [0.2, 0.25) is 0 Å². The number of nitrogens with one attached hydrogen (secondary N) is 1.